The van der Waals surface area contributed by atoms with Gasteiger partial charge < -0.3 is 19.3 Å². The predicted molar refractivity (Wildman–Crippen MR) is 108 cm³/mol. The van der Waals surface area contributed by atoms with Crippen molar-refractivity contribution in [3.8, 4) is 0 Å². The predicted octanol–water partition coefficient (Wildman–Crippen LogP) is 0.539. The fourth-order valence-corrected chi connectivity index (χ4v) is 2.95. The van der Waals surface area contributed by atoms with E-state index in [9.17, 15) is 19.5 Å². The van der Waals surface area contributed by atoms with Crippen molar-refractivity contribution in [1.29, 1.82) is 0 Å². The van der Waals surface area contributed by atoms with Gasteiger partial charge >= 0.3 is 11.7 Å². The molecule has 0 amide bonds. The lowest BCUT2D eigenvalue weighted by molar-refractivity contribution is -0.260. The number of aromatic amines is 1. The van der Waals surface area contributed by atoms with Crippen LogP contribution in [0, 0.1) is 0 Å². The number of carbonyl (C=O) groups excluding carboxylic acids is 1. The van der Waals surface area contributed by atoms with Crippen molar-refractivity contribution in [3.63, 3.8) is 0 Å². The van der Waals surface area contributed by atoms with Gasteiger partial charge in [-0.1, -0.05) is 32.9 Å². The molecule has 30 heavy (non-hydrogen) atoms. The van der Waals surface area contributed by atoms with Gasteiger partial charge in [0.1, 0.15) is 31.6 Å². The van der Waals surface area contributed by atoms with Crippen molar-refractivity contribution in [1.82, 2.24) is 9.55 Å². The summed E-state index contributed by atoms with van der Waals surface area (Å²) in [7, 11) is 0. The molecule has 0 aromatic carbocycles. The number of hydrogen-bond acceptors (Lipinski definition) is 8. The SMILES string of the molecule is C/C=C/c1cn(C2CC(Cl)C(COC(=O)CN=C([O-])OC(C)(C)C)O2)c(=O)[nH]c1=O. The fourth-order valence-electron chi connectivity index (χ4n) is 2.67. The lowest BCUT2D eigenvalue weighted by Crippen LogP contribution is -2.34. The molecule has 1 N–H and O–H groups in total. The Kier molecular flexibility index (Phi) is 7.85. The average Bonchev–Trinajstić information content (AvgIpc) is 2.99. The number of H-pyrrole nitrogens is 1. The molecule has 11 heteroatoms. The van der Waals surface area contributed by atoms with Crippen LogP contribution in [0.25, 0.3) is 6.08 Å². The first-order valence-corrected chi connectivity index (χ1v) is 9.77. The summed E-state index contributed by atoms with van der Waals surface area (Å²) in [6, 6.07) is 0. The van der Waals surface area contributed by atoms with E-state index in [4.69, 9.17) is 25.8 Å². The first-order chi connectivity index (χ1) is 14.0. The largest absolute Gasteiger partial charge is 0.595 e. The Morgan fingerprint density at radius 3 is 2.80 bits per heavy atom. The number of rotatable bonds is 6. The Labute approximate surface area is 178 Å². The number of nitrogens with zero attached hydrogens (tertiary/aromatic N) is 2. The fraction of sp³-hybridized carbons (Fsp3) is 0.579. The Morgan fingerprint density at radius 1 is 1.47 bits per heavy atom. The zero-order chi connectivity index (χ0) is 22.5. The monoisotopic (exact) mass is 442 g/mol. The molecule has 10 nitrogen and oxygen atoms in total. The third-order valence-corrected chi connectivity index (χ3v) is 4.41. The highest BCUT2D eigenvalue weighted by Gasteiger charge is 2.36. The smallest absolute Gasteiger partial charge is 0.330 e. The van der Waals surface area contributed by atoms with Gasteiger partial charge in [-0.2, -0.15) is 0 Å². The number of aliphatic imine (C=N–C) groups is 1. The zero-order valence-electron chi connectivity index (χ0n) is 17.2. The summed E-state index contributed by atoms with van der Waals surface area (Å²) >= 11 is 6.28. The molecule has 1 aromatic heterocycles. The van der Waals surface area contributed by atoms with Gasteiger partial charge in [-0.15, -0.1) is 11.6 Å². The number of halogens is 1. The van der Waals surface area contributed by atoms with E-state index >= 15 is 0 Å². The highest BCUT2D eigenvalue weighted by Crippen LogP contribution is 2.31. The molecule has 166 valence electrons. The molecule has 1 saturated heterocycles. The van der Waals surface area contributed by atoms with Gasteiger partial charge in [0, 0.05) is 18.2 Å². The molecule has 0 radical (unpaired) electrons. The first kappa shape index (κ1) is 23.7. The van der Waals surface area contributed by atoms with Crippen LogP contribution in [0.3, 0.4) is 0 Å². The molecule has 0 saturated carbocycles. The van der Waals surface area contributed by atoms with E-state index in [0.29, 0.717) is 5.56 Å². The van der Waals surface area contributed by atoms with Crippen LogP contribution in [0.1, 0.15) is 45.9 Å². The molecule has 0 aliphatic carbocycles. The number of nitrogens with one attached hydrogen (secondary N) is 1. The van der Waals surface area contributed by atoms with E-state index in [0.717, 1.165) is 0 Å². The molecule has 1 aromatic rings. The van der Waals surface area contributed by atoms with E-state index in [1.807, 2.05) is 0 Å². The lowest BCUT2D eigenvalue weighted by atomic mass is 10.2. The number of ether oxygens (including phenoxy) is 3. The van der Waals surface area contributed by atoms with Gasteiger partial charge in [0.2, 0.25) is 0 Å². The maximum atomic E-state index is 12.1. The van der Waals surface area contributed by atoms with Crippen LogP contribution < -0.4 is 16.4 Å². The molecule has 1 aliphatic rings. The van der Waals surface area contributed by atoms with Crippen molar-refractivity contribution in [2.75, 3.05) is 13.2 Å². The van der Waals surface area contributed by atoms with E-state index in [1.54, 1.807) is 39.8 Å². The van der Waals surface area contributed by atoms with E-state index in [2.05, 4.69) is 9.98 Å². The number of allylic oxidation sites excluding steroid dienone is 1. The molecule has 1 aliphatic heterocycles. The summed E-state index contributed by atoms with van der Waals surface area (Å²) < 4.78 is 17.0. The van der Waals surface area contributed by atoms with Gasteiger partial charge in [-0.25, -0.2) is 4.79 Å². The molecule has 0 spiro atoms. The molecule has 3 atom stereocenters. The highest BCUT2D eigenvalue weighted by molar-refractivity contribution is 6.21. The van der Waals surface area contributed by atoms with Crippen molar-refractivity contribution in [3.05, 3.63) is 38.7 Å². The number of aromatic nitrogens is 2. The molecule has 0 bridgehead atoms. The second-order valence-electron chi connectivity index (χ2n) is 7.61. The van der Waals surface area contributed by atoms with Gasteiger partial charge in [-0.3, -0.25) is 24.1 Å². The van der Waals surface area contributed by atoms with E-state index < -0.39 is 53.2 Å². The van der Waals surface area contributed by atoms with Crippen molar-refractivity contribution in [2.45, 2.75) is 57.4 Å². The number of carbonyl (C=O) groups is 1. The molecule has 2 rings (SSSR count). The maximum absolute atomic E-state index is 12.1. The highest BCUT2D eigenvalue weighted by atomic mass is 35.5. The van der Waals surface area contributed by atoms with Crippen molar-refractivity contribution < 1.29 is 24.1 Å². The van der Waals surface area contributed by atoms with Crippen LogP contribution >= 0.6 is 11.6 Å². The van der Waals surface area contributed by atoms with Crippen molar-refractivity contribution >= 4 is 29.7 Å². The maximum Gasteiger partial charge on any atom is 0.330 e. The third-order valence-electron chi connectivity index (χ3n) is 3.95. The van der Waals surface area contributed by atoms with E-state index in [-0.39, 0.29) is 13.0 Å². The Balaban J connectivity index is 1.96. The molecule has 3 unspecified atom stereocenters. The zero-order valence-corrected chi connectivity index (χ0v) is 18.0. The molecule has 1 fully saturated rings. The molecule has 2 heterocycles. The van der Waals surface area contributed by atoms with Crippen LogP contribution in [0.4, 0.5) is 0 Å². The summed E-state index contributed by atoms with van der Waals surface area (Å²) in [5.41, 5.74) is -1.55. The standard InChI is InChI=1S/C19H26ClN3O7/c1-5-6-11-9-23(17(26)22-16(11)25)14-7-12(20)13(29-14)10-28-15(24)8-21-18(27)30-19(2,3)4/h5-6,9,12-14H,7-8,10H2,1-4H3,(H,21,27)(H,22,25,26)/p-1/b6-5+. The summed E-state index contributed by atoms with van der Waals surface area (Å²) in [6.07, 6.45) is 2.64. The minimum atomic E-state index is -0.860. The summed E-state index contributed by atoms with van der Waals surface area (Å²) in [6.45, 7) is 6.12. The number of esters is 1. The Morgan fingerprint density at radius 2 is 2.17 bits per heavy atom. The second kappa shape index (κ2) is 9.94. The Hall–Kier alpha value is -2.59. The average molecular weight is 443 g/mol. The van der Waals surface area contributed by atoms with E-state index in [1.165, 1.54) is 10.8 Å². The lowest BCUT2D eigenvalue weighted by Gasteiger charge is -2.29. The van der Waals surface area contributed by atoms with Crippen LogP contribution in [-0.2, 0) is 19.0 Å². The minimum absolute atomic E-state index is 0.173. The first-order valence-electron chi connectivity index (χ1n) is 9.34. The molecular weight excluding hydrogens is 418 g/mol. The van der Waals surface area contributed by atoms with Crippen LogP contribution in [0.2, 0.25) is 0 Å². The van der Waals surface area contributed by atoms with Crippen molar-refractivity contribution in [2.24, 2.45) is 4.99 Å². The van der Waals surface area contributed by atoms with Crippen LogP contribution in [0.5, 0.6) is 0 Å². The third kappa shape index (κ3) is 6.74. The summed E-state index contributed by atoms with van der Waals surface area (Å²) in [5, 5.41) is 11.0. The number of alkyl halides is 1. The van der Waals surface area contributed by atoms with Gasteiger partial charge in [0.05, 0.1) is 10.9 Å². The summed E-state index contributed by atoms with van der Waals surface area (Å²) in [5.74, 6) is -0.742. The topological polar surface area (TPSA) is 135 Å². The quantitative estimate of drug-likeness (QED) is 0.294. The normalized spacial score (nSPS) is 22.4. The van der Waals surface area contributed by atoms with Gasteiger partial charge in [-0.05, 0) is 6.92 Å². The Bertz CT molecular complexity index is 929. The van der Waals surface area contributed by atoms with Crippen LogP contribution in [0.15, 0.2) is 26.9 Å². The molecular formula is C19H25ClN3O7-. The van der Waals surface area contributed by atoms with Gasteiger partial charge in [0.25, 0.3) is 5.56 Å². The second-order valence-corrected chi connectivity index (χ2v) is 8.17. The summed E-state index contributed by atoms with van der Waals surface area (Å²) in [4.78, 5) is 41.5. The minimum Gasteiger partial charge on any atom is -0.595 e. The van der Waals surface area contributed by atoms with Gasteiger partial charge in [0.15, 0.2) is 0 Å². The number of hydrogen-bond donors (Lipinski definition) is 1. The van der Waals surface area contributed by atoms with Crippen LogP contribution in [-0.4, -0.2) is 51.8 Å².